The van der Waals surface area contributed by atoms with Crippen LogP contribution in [0.2, 0.25) is 0 Å². The zero-order chi connectivity index (χ0) is 15.9. The van der Waals surface area contributed by atoms with Crippen molar-refractivity contribution in [3.63, 3.8) is 0 Å². The number of aliphatic imine (C=N–C) groups is 1. The van der Waals surface area contributed by atoms with Gasteiger partial charge in [0.2, 0.25) is 0 Å². The van der Waals surface area contributed by atoms with E-state index in [-0.39, 0.29) is 11.8 Å². The summed E-state index contributed by atoms with van der Waals surface area (Å²) < 4.78 is 19.6. The molecular formula is C16H17BrFN3O. The maximum atomic E-state index is 13.6. The highest BCUT2D eigenvalue weighted by Crippen LogP contribution is 2.17. The summed E-state index contributed by atoms with van der Waals surface area (Å²) in [5.74, 6) is 0.774. The van der Waals surface area contributed by atoms with Gasteiger partial charge in [-0.15, -0.1) is 0 Å². The van der Waals surface area contributed by atoms with Crippen molar-refractivity contribution < 1.29 is 9.13 Å². The van der Waals surface area contributed by atoms with Gasteiger partial charge in [0.05, 0.1) is 7.11 Å². The Morgan fingerprint density at radius 3 is 2.91 bits per heavy atom. The van der Waals surface area contributed by atoms with E-state index in [4.69, 9.17) is 10.5 Å². The Morgan fingerprint density at radius 1 is 1.32 bits per heavy atom. The Hall–Kier alpha value is -2.08. The molecule has 4 nitrogen and oxygen atoms in total. The number of nitrogens with one attached hydrogen (secondary N) is 1. The second-order valence-electron chi connectivity index (χ2n) is 4.61. The third-order valence-electron chi connectivity index (χ3n) is 3.01. The first kappa shape index (κ1) is 16.3. The van der Waals surface area contributed by atoms with E-state index in [1.807, 2.05) is 24.3 Å². The van der Waals surface area contributed by atoms with E-state index in [1.54, 1.807) is 19.2 Å². The first-order valence-electron chi connectivity index (χ1n) is 6.73. The molecule has 0 aliphatic rings. The number of methoxy groups -OCH3 is 1. The minimum Gasteiger partial charge on any atom is -0.497 e. The third-order valence-corrected chi connectivity index (χ3v) is 3.51. The van der Waals surface area contributed by atoms with Crippen molar-refractivity contribution in [2.75, 3.05) is 19.0 Å². The average molecular weight is 366 g/mol. The molecule has 0 bridgehead atoms. The van der Waals surface area contributed by atoms with Gasteiger partial charge in [0.1, 0.15) is 11.6 Å². The normalized spacial score (nSPS) is 11.3. The van der Waals surface area contributed by atoms with Gasteiger partial charge in [-0.1, -0.05) is 22.0 Å². The maximum Gasteiger partial charge on any atom is 0.193 e. The molecule has 2 aromatic carbocycles. The smallest absolute Gasteiger partial charge is 0.193 e. The van der Waals surface area contributed by atoms with Gasteiger partial charge in [-0.25, -0.2) is 4.39 Å². The highest BCUT2D eigenvalue weighted by Gasteiger charge is 2.03. The highest BCUT2D eigenvalue weighted by atomic mass is 79.9. The van der Waals surface area contributed by atoms with Gasteiger partial charge in [-0.05, 0) is 42.3 Å². The maximum absolute atomic E-state index is 13.6. The number of ether oxygens (including phenoxy) is 1. The standard InChI is InChI=1S/C16H17BrFN3O/c1-22-14-4-2-3-13(10-14)21-16(19)20-8-7-11-9-12(17)5-6-15(11)18/h2-6,9-10H,7-8H2,1H3,(H3,19,20,21). The van der Waals surface area contributed by atoms with Gasteiger partial charge in [-0.2, -0.15) is 0 Å². The molecule has 6 heteroatoms. The van der Waals surface area contributed by atoms with Crippen LogP contribution >= 0.6 is 15.9 Å². The van der Waals surface area contributed by atoms with Gasteiger partial charge in [0, 0.05) is 22.8 Å². The van der Waals surface area contributed by atoms with Crippen LogP contribution in [0.1, 0.15) is 5.56 Å². The van der Waals surface area contributed by atoms with Gasteiger partial charge in [0.25, 0.3) is 0 Å². The Kier molecular flexibility index (Phi) is 5.77. The lowest BCUT2D eigenvalue weighted by Crippen LogP contribution is -2.23. The predicted octanol–water partition coefficient (Wildman–Crippen LogP) is 3.57. The number of benzene rings is 2. The second kappa shape index (κ2) is 7.79. The number of hydrogen-bond acceptors (Lipinski definition) is 2. The van der Waals surface area contributed by atoms with E-state index in [0.717, 1.165) is 15.9 Å². The summed E-state index contributed by atoms with van der Waals surface area (Å²) in [5, 5.41) is 2.97. The van der Waals surface area contributed by atoms with E-state index in [2.05, 4.69) is 26.2 Å². The van der Waals surface area contributed by atoms with Crippen molar-refractivity contribution in [1.82, 2.24) is 0 Å². The summed E-state index contributed by atoms with van der Waals surface area (Å²) in [6.45, 7) is 0.399. The zero-order valence-corrected chi connectivity index (χ0v) is 13.7. The number of nitrogens with two attached hydrogens (primary N) is 1. The number of anilines is 1. The fourth-order valence-corrected chi connectivity index (χ4v) is 2.33. The second-order valence-corrected chi connectivity index (χ2v) is 5.53. The topological polar surface area (TPSA) is 59.6 Å². The van der Waals surface area contributed by atoms with Gasteiger partial charge in [0.15, 0.2) is 5.96 Å². The Balaban J connectivity index is 1.93. The SMILES string of the molecule is COc1cccc(NC(N)=NCCc2cc(Br)ccc2F)c1. The van der Waals surface area contributed by atoms with Crippen molar-refractivity contribution in [1.29, 1.82) is 0 Å². The lowest BCUT2D eigenvalue weighted by molar-refractivity contribution is 0.415. The van der Waals surface area contributed by atoms with Crippen molar-refractivity contribution in [2.45, 2.75) is 6.42 Å². The third kappa shape index (κ3) is 4.73. The molecule has 0 radical (unpaired) electrons. The van der Waals surface area contributed by atoms with Crippen LogP contribution in [0.5, 0.6) is 5.75 Å². The van der Waals surface area contributed by atoms with Crippen molar-refractivity contribution in [3.05, 3.63) is 58.3 Å². The summed E-state index contributed by atoms with van der Waals surface area (Å²) >= 11 is 3.32. The van der Waals surface area contributed by atoms with Crippen LogP contribution in [-0.2, 0) is 6.42 Å². The van der Waals surface area contributed by atoms with Gasteiger partial charge < -0.3 is 15.8 Å². The number of nitrogens with zero attached hydrogens (tertiary/aromatic N) is 1. The molecule has 0 amide bonds. The lowest BCUT2D eigenvalue weighted by Gasteiger charge is -2.07. The molecular weight excluding hydrogens is 349 g/mol. The minimum absolute atomic E-state index is 0.238. The molecule has 0 aliphatic carbocycles. The molecule has 0 saturated heterocycles. The Bertz CT molecular complexity index is 676. The molecule has 0 saturated carbocycles. The summed E-state index contributed by atoms with van der Waals surface area (Å²) in [4.78, 5) is 4.20. The average Bonchev–Trinajstić information content (AvgIpc) is 2.51. The van der Waals surface area contributed by atoms with Crippen LogP contribution < -0.4 is 15.8 Å². The first-order valence-corrected chi connectivity index (χ1v) is 7.52. The quantitative estimate of drug-likeness (QED) is 0.628. The van der Waals surface area contributed by atoms with Gasteiger partial charge >= 0.3 is 0 Å². The molecule has 0 unspecified atom stereocenters. The van der Waals surface area contributed by atoms with Crippen LogP contribution in [0.15, 0.2) is 51.9 Å². The predicted molar refractivity (Wildman–Crippen MR) is 90.9 cm³/mol. The molecule has 0 fully saturated rings. The molecule has 2 aromatic rings. The molecule has 3 N–H and O–H groups in total. The van der Waals surface area contributed by atoms with Crippen molar-refractivity contribution >= 4 is 27.6 Å². The molecule has 0 heterocycles. The van der Waals surface area contributed by atoms with Gasteiger partial charge in [-0.3, -0.25) is 4.99 Å². The molecule has 0 spiro atoms. The first-order chi connectivity index (χ1) is 10.6. The van der Waals surface area contributed by atoms with E-state index in [1.165, 1.54) is 6.07 Å². The molecule has 0 aliphatic heterocycles. The van der Waals surface area contributed by atoms with Crippen molar-refractivity contribution in [3.8, 4) is 5.75 Å². The van der Waals surface area contributed by atoms with Crippen molar-refractivity contribution in [2.24, 2.45) is 10.7 Å². The molecule has 0 atom stereocenters. The number of halogens is 2. The monoisotopic (exact) mass is 365 g/mol. The van der Waals surface area contributed by atoms with E-state index >= 15 is 0 Å². The van der Waals surface area contributed by atoms with E-state index in [9.17, 15) is 4.39 Å². The Morgan fingerprint density at radius 2 is 2.14 bits per heavy atom. The highest BCUT2D eigenvalue weighted by molar-refractivity contribution is 9.10. The van der Waals surface area contributed by atoms with Crippen LogP contribution in [0.4, 0.5) is 10.1 Å². The summed E-state index contributed by atoms with van der Waals surface area (Å²) in [7, 11) is 1.60. The Labute approximate surface area is 137 Å². The molecule has 22 heavy (non-hydrogen) atoms. The number of hydrogen-bond donors (Lipinski definition) is 2. The van der Waals surface area contributed by atoms with Crippen LogP contribution in [0.3, 0.4) is 0 Å². The largest absolute Gasteiger partial charge is 0.497 e. The van der Waals surface area contributed by atoms with E-state index in [0.29, 0.717) is 18.5 Å². The molecule has 0 aromatic heterocycles. The fraction of sp³-hybridized carbons (Fsp3) is 0.188. The number of guanidine groups is 1. The van der Waals surface area contributed by atoms with Crippen LogP contribution in [0.25, 0.3) is 0 Å². The summed E-state index contributed by atoms with van der Waals surface area (Å²) in [5.41, 5.74) is 7.21. The molecule has 116 valence electrons. The number of rotatable bonds is 5. The van der Waals surface area contributed by atoms with E-state index < -0.39 is 0 Å². The lowest BCUT2D eigenvalue weighted by atomic mass is 10.1. The summed E-state index contributed by atoms with van der Waals surface area (Å²) in [6, 6.07) is 12.2. The zero-order valence-electron chi connectivity index (χ0n) is 12.1. The summed E-state index contributed by atoms with van der Waals surface area (Å²) in [6.07, 6.45) is 0.478. The van der Waals surface area contributed by atoms with Crippen LogP contribution in [-0.4, -0.2) is 19.6 Å². The molecule has 2 rings (SSSR count). The van der Waals surface area contributed by atoms with Crippen LogP contribution in [0, 0.1) is 5.82 Å². The minimum atomic E-state index is -0.238. The fourth-order valence-electron chi connectivity index (χ4n) is 1.92.